The van der Waals surface area contributed by atoms with Gasteiger partial charge in [-0.15, -0.1) is 0 Å². The summed E-state index contributed by atoms with van der Waals surface area (Å²) in [7, 11) is 0. The monoisotopic (exact) mass is 194 g/mol. The maximum absolute atomic E-state index is 12.5. The molecule has 0 aromatic rings. The highest BCUT2D eigenvalue weighted by Gasteiger charge is 2.47. The highest BCUT2D eigenvalue weighted by atomic mass is 19.4. The van der Waals surface area contributed by atoms with Crippen LogP contribution in [0.3, 0.4) is 0 Å². The Kier molecular flexibility index (Phi) is 2.93. The largest absolute Gasteiger partial charge is 0.392 e. The molecule has 0 nitrogen and oxygen atoms in total. The van der Waals surface area contributed by atoms with Crippen LogP contribution >= 0.6 is 0 Å². The van der Waals surface area contributed by atoms with Crippen molar-refractivity contribution < 1.29 is 13.2 Å². The lowest BCUT2D eigenvalue weighted by Crippen LogP contribution is -2.37. The first kappa shape index (κ1) is 10.9. The van der Waals surface area contributed by atoms with Gasteiger partial charge in [0, 0.05) is 0 Å². The Morgan fingerprint density at radius 1 is 1.00 bits per heavy atom. The third kappa shape index (κ3) is 2.38. The Morgan fingerprint density at radius 3 is 2.00 bits per heavy atom. The van der Waals surface area contributed by atoms with Crippen LogP contribution in [0, 0.1) is 23.7 Å². The summed E-state index contributed by atoms with van der Waals surface area (Å²) in [5, 5.41) is 0. The van der Waals surface area contributed by atoms with E-state index >= 15 is 0 Å². The molecule has 0 spiro atoms. The van der Waals surface area contributed by atoms with Crippen LogP contribution in [0.1, 0.15) is 33.6 Å². The van der Waals surface area contributed by atoms with E-state index in [4.69, 9.17) is 0 Å². The summed E-state index contributed by atoms with van der Waals surface area (Å²) in [6, 6.07) is 0. The van der Waals surface area contributed by atoms with Crippen LogP contribution in [0.2, 0.25) is 0 Å². The zero-order valence-corrected chi connectivity index (χ0v) is 8.36. The lowest BCUT2D eigenvalue weighted by Gasteiger charge is -2.38. The van der Waals surface area contributed by atoms with Crippen molar-refractivity contribution in [1.82, 2.24) is 0 Å². The van der Waals surface area contributed by atoms with Crippen LogP contribution < -0.4 is 0 Å². The molecule has 3 heteroatoms. The van der Waals surface area contributed by atoms with E-state index in [0.29, 0.717) is 6.42 Å². The molecule has 1 aliphatic carbocycles. The van der Waals surface area contributed by atoms with Crippen LogP contribution in [0.4, 0.5) is 13.2 Å². The molecule has 4 atom stereocenters. The second-order valence-electron chi connectivity index (χ2n) is 4.56. The average Bonchev–Trinajstić information content (AvgIpc) is 1.94. The van der Waals surface area contributed by atoms with Crippen molar-refractivity contribution in [3.05, 3.63) is 0 Å². The molecule has 1 rings (SSSR count). The molecule has 0 radical (unpaired) electrons. The number of hydrogen-bond donors (Lipinski definition) is 0. The Labute approximate surface area is 77.5 Å². The lowest BCUT2D eigenvalue weighted by atomic mass is 9.69. The minimum atomic E-state index is -4.00. The van der Waals surface area contributed by atoms with Gasteiger partial charge in [0.2, 0.25) is 0 Å². The Morgan fingerprint density at radius 2 is 1.54 bits per heavy atom. The average molecular weight is 194 g/mol. The molecule has 1 fully saturated rings. The molecule has 1 saturated carbocycles. The van der Waals surface area contributed by atoms with E-state index in [-0.39, 0.29) is 17.8 Å². The van der Waals surface area contributed by atoms with E-state index in [2.05, 4.69) is 0 Å². The minimum absolute atomic E-state index is 0.204. The fourth-order valence-electron chi connectivity index (χ4n) is 2.42. The van der Waals surface area contributed by atoms with Gasteiger partial charge in [0.05, 0.1) is 5.92 Å². The van der Waals surface area contributed by atoms with Crippen LogP contribution in [-0.4, -0.2) is 6.18 Å². The van der Waals surface area contributed by atoms with E-state index in [1.165, 1.54) is 0 Å². The van der Waals surface area contributed by atoms with Gasteiger partial charge in [0.25, 0.3) is 0 Å². The molecule has 4 unspecified atom stereocenters. The van der Waals surface area contributed by atoms with Crippen molar-refractivity contribution in [2.45, 2.75) is 39.8 Å². The minimum Gasteiger partial charge on any atom is -0.171 e. The van der Waals surface area contributed by atoms with Gasteiger partial charge >= 0.3 is 6.18 Å². The number of rotatable bonds is 0. The topological polar surface area (TPSA) is 0 Å². The molecule has 13 heavy (non-hydrogen) atoms. The molecule has 78 valence electrons. The molecule has 0 aliphatic heterocycles. The van der Waals surface area contributed by atoms with Crippen molar-refractivity contribution in [2.24, 2.45) is 23.7 Å². The van der Waals surface area contributed by atoms with E-state index < -0.39 is 12.1 Å². The van der Waals surface area contributed by atoms with Crippen LogP contribution in [0.15, 0.2) is 0 Å². The summed E-state index contributed by atoms with van der Waals surface area (Å²) >= 11 is 0. The van der Waals surface area contributed by atoms with E-state index in [0.717, 1.165) is 6.42 Å². The van der Waals surface area contributed by atoms with Crippen molar-refractivity contribution in [1.29, 1.82) is 0 Å². The maximum atomic E-state index is 12.5. The first-order valence-electron chi connectivity index (χ1n) is 4.89. The van der Waals surface area contributed by atoms with Gasteiger partial charge in [0.15, 0.2) is 0 Å². The van der Waals surface area contributed by atoms with Crippen molar-refractivity contribution in [3.63, 3.8) is 0 Å². The summed E-state index contributed by atoms with van der Waals surface area (Å²) in [5.74, 6) is -0.865. The lowest BCUT2D eigenvalue weighted by molar-refractivity contribution is -0.204. The zero-order valence-electron chi connectivity index (χ0n) is 8.36. The summed E-state index contributed by atoms with van der Waals surface area (Å²) in [6.45, 7) is 5.58. The zero-order chi connectivity index (χ0) is 10.2. The quantitative estimate of drug-likeness (QED) is 0.549. The fraction of sp³-hybridized carbons (Fsp3) is 1.00. The van der Waals surface area contributed by atoms with Crippen molar-refractivity contribution >= 4 is 0 Å². The summed E-state index contributed by atoms with van der Waals surface area (Å²) in [6.07, 6.45) is -2.74. The third-order valence-corrected chi connectivity index (χ3v) is 3.38. The van der Waals surface area contributed by atoms with Gasteiger partial charge in [-0.3, -0.25) is 0 Å². The van der Waals surface area contributed by atoms with Gasteiger partial charge in [-0.25, -0.2) is 0 Å². The second kappa shape index (κ2) is 3.50. The van der Waals surface area contributed by atoms with Gasteiger partial charge in [-0.05, 0) is 30.6 Å². The van der Waals surface area contributed by atoms with Crippen LogP contribution in [0.5, 0.6) is 0 Å². The molecular formula is C10H17F3. The van der Waals surface area contributed by atoms with Gasteiger partial charge in [0.1, 0.15) is 0 Å². The van der Waals surface area contributed by atoms with Crippen LogP contribution in [0.25, 0.3) is 0 Å². The van der Waals surface area contributed by atoms with E-state index in [1.807, 2.05) is 13.8 Å². The molecule has 0 aromatic heterocycles. The molecule has 0 aromatic carbocycles. The van der Waals surface area contributed by atoms with Gasteiger partial charge < -0.3 is 0 Å². The van der Waals surface area contributed by atoms with Crippen molar-refractivity contribution in [3.8, 4) is 0 Å². The first-order chi connectivity index (χ1) is 5.82. The molecular weight excluding hydrogens is 177 g/mol. The maximum Gasteiger partial charge on any atom is 0.392 e. The predicted molar refractivity (Wildman–Crippen MR) is 46.3 cm³/mol. The molecule has 0 bridgehead atoms. The number of hydrogen-bond acceptors (Lipinski definition) is 0. The fourth-order valence-corrected chi connectivity index (χ4v) is 2.42. The van der Waals surface area contributed by atoms with Crippen LogP contribution in [-0.2, 0) is 0 Å². The molecule has 0 heterocycles. The number of alkyl halides is 3. The number of halogens is 3. The highest BCUT2D eigenvalue weighted by Crippen LogP contribution is 2.45. The Balaban J connectivity index is 2.72. The molecule has 1 aliphatic rings. The van der Waals surface area contributed by atoms with E-state index in [1.54, 1.807) is 6.92 Å². The molecule has 0 N–H and O–H groups in total. The standard InChI is InChI=1S/C10H17F3/c1-6-4-7(2)8(3)9(5-6)10(11,12)13/h6-9H,4-5H2,1-3H3. The summed E-state index contributed by atoms with van der Waals surface area (Å²) in [5.41, 5.74) is 0. The summed E-state index contributed by atoms with van der Waals surface area (Å²) < 4.78 is 37.6. The van der Waals surface area contributed by atoms with E-state index in [9.17, 15) is 13.2 Å². The molecule has 0 amide bonds. The Bertz CT molecular complexity index is 173. The SMILES string of the molecule is CC1CC(C)C(C)C(C(F)(F)F)C1. The van der Waals surface area contributed by atoms with Crippen molar-refractivity contribution in [2.75, 3.05) is 0 Å². The summed E-state index contributed by atoms with van der Waals surface area (Å²) in [4.78, 5) is 0. The first-order valence-corrected chi connectivity index (χ1v) is 4.89. The normalized spacial score (nSPS) is 42.0. The second-order valence-corrected chi connectivity index (χ2v) is 4.56. The smallest absolute Gasteiger partial charge is 0.171 e. The van der Waals surface area contributed by atoms with Gasteiger partial charge in [-0.1, -0.05) is 20.8 Å². The Hall–Kier alpha value is -0.210. The van der Waals surface area contributed by atoms with Gasteiger partial charge in [-0.2, -0.15) is 13.2 Å². The third-order valence-electron chi connectivity index (χ3n) is 3.38. The predicted octanol–water partition coefficient (Wildman–Crippen LogP) is 3.87. The molecule has 0 saturated heterocycles. The highest BCUT2D eigenvalue weighted by molar-refractivity contribution is 4.84.